The molecule has 0 aliphatic rings. The number of thioether (sulfide) groups is 1. The Bertz CT molecular complexity index is 1540. The lowest BCUT2D eigenvalue weighted by molar-refractivity contribution is -0.147. The van der Waals surface area contributed by atoms with Crippen LogP contribution in [-0.2, 0) is 28.8 Å². The lowest BCUT2D eigenvalue weighted by Gasteiger charge is -2.37. The van der Waals surface area contributed by atoms with Crippen molar-refractivity contribution in [2.45, 2.75) is 135 Å². The van der Waals surface area contributed by atoms with Crippen LogP contribution < -0.4 is 22.1 Å². The van der Waals surface area contributed by atoms with Crippen LogP contribution >= 0.6 is 23.1 Å². The van der Waals surface area contributed by atoms with Gasteiger partial charge in [0.2, 0.25) is 11.8 Å². The number of aromatic nitrogens is 1. The first kappa shape index (κ1) is 50.6. The van der Waals surface area contributed by atoms with Crippen molar-refractivity contribution in [1.82, 2.24) is 15.6 Å². The maximum absolute atomic E-state index is 13.3. The van der Waals surface area contributed by atoms with E-state index in [9.17, 15) is 44.1 Å². The Hall–Kier alpha value is -3.46. The van der Waals surface area contributed by atoms with Crippen LogP contribution in [0.15, 0.2) is 11.0 Å². The fraction of sp³-hybridized carbons (Fsp3) is 0.703. The van der Waals surface area contributed by atoms with Gasteiger partial charge in [0.1, 0.15) is 24.4 Å². The highest BCUT2D eigenvalue weighted by Crippen LogP contribution is 2.38. The van der Waals surface area contributed by atoms with Crippen molar-refractivity contribution in [1.29, 1.82) is 0 Å². The molecule has 0 aliphatic carbocycles. The fourth-order valence-electron chi connectivity index (χ4n) is 5.98. The molecule has 0 aliphatic heterocycles. The van der Waals surface area contributed by atoms with E-state index in [1.807, 2.05) is 25.3 Å². The van der Waals surface area contributed by atoms with E-state index in [1.54, 1.807) is 13.8 Å². The summed E-state index contributed by atoms with van der Waals surface area (Å²) in [6.07, 6.45) is -1.89. The number of aliphatic hydroxyl groups excluding tert-OH is 3. The molecule has 0 saturated heterocycles. The summed E-state index contributed by atoms with van der Waals surface area (Å²) in [5, 5.41) is 68.2. The van der Waals surface area contributed by atoms with E-state index < -0.39 is 107 Å². The number of nitrogens with zero attached hydrogens (tertiary/aromatic N) is 1. The van der Waals surface area contributed by atoms with Gasteiger partial charge in [0, 0.05) is 34.3 Å². The second-order valence-electron chi connectivity index (χ2n) is 15.2. The summed E-state index contributed by atoms with van der Waals surface area (Å²) in [5.41, 5.74) is 12.1. The third-order valence-electron chi connectivity index (χ3n) is 10.1. The Morgan fingerprint density at radius 2 is 1.59 bits per heavy atom. The first-order chi connectivity index (χ1) is 25.8. The van der Waals surface area contributed by atoms with Gasteiger partial charge in [-0.15, -0.1) is 11.3 Å². The van der Waals surface area contributed by atoms with Crippen LogP contribution in [-0.4, -0.2) is 125 Å². The molecule has 1 aromatic heterocycles. The van der Waals surface area contributed by atoms with Gasteiger partial charge < -0.3 is 52.7 Å². The molecule has 56 heavy (non-hydrogen) atoms. The Labute approximate surface area is 336 Å². The molecule has 9 unspecified atom stereocenters. The molecule has 1 aromatic rings. The lowest BCUT2D eigenvalue weighted by Crippen LogP contribution is -2.51. The van der Waals surface area contributed by atoms with Crippen LogP contribution in [0.2, 0.25) is 0 Å². The number of aliphatic hydroxyl groups is 3. The highest BCUT2D eigenvalue weighted by atomic mass is 32.2. The van der Waals surface area contributed by atoms with Crippen LogP contribution in [0.4, 0.5) is 0 Å². The number of Topliss-reactive ketones (excluding diaryl/α,β-unsaturated/α-hetero) is 1. The van der Waals surface area contributed by atoms with Gasteiger partial charge in [0.15, 0.2) is 0 Å². The monoisotopic (exact) mass is 831 g/mol. The van der Waals surface area contributed by atoms with E-state index in [0.29, 0.717) is 19.3 Å². The number of carboxylic acid groups (broad SMARTS) is 3. The summed E-state index contributed by atoms with van der Waals surface area (Å²) in [7, 11) is 0. The van der Waals surface area contributed by atoms with Gasteiger partial charge in [0.25, 0.3) is 0 Å². The van der Waals surface area contributed by atoms with E-state index in [4.69, 9.17) is 26.8 Å². The molecule has 0 aromatic carbocycles. The zero-order valence-corrected chi connectivity index (χ0v) is 34.8. The second-order valence-corrected chi connectivity index (χ2v) is 17.8. The minimum Gasteiger partial charge on any atom is -0.481 e. The second kappa shape index (κ2) is 23.1. The molecule has 0 spiro atoms. The Balaban J connectivity index is 3.29. The quantitative estimate of drug-likeness (QED) is 0.0601. The van der Waals surface area contributed by atoms with E-state index >= 15 is 0 Å². The van der Waals surface area contributed by atoms with E-state index in [0.717, 1.165) is 28.0 Å². The molecule has 2 amide bonds. The summed E-state index contributed by atoms with van der Waals surface area (Å²) in [6.45, 7) is 10.9. The van der Waals surface area contributed by atoms with Crippen LogP contribution in [0.25, 0.3) is 6.08 Å². The predicted molar refractivity (Wildman–Crippen MR) is 213 cm³/mol. The van der Waals surface area contributed by atoms with Gasteiger partial charge in [-0.05, 0) is 58.4 Å². The number of hydrogen-bond donors (Lipinski definition) is 10. The molecule has 17 nitrogen and oxygen atoms in total. The van der Waals surface area contributed by atoms with Gasteiger partial charge in [-0.3, -0.25) is 28.8 Å². The van der Waals surface area contributed by atoms with Crippen molar-refractivity contribution in [3.05, 3.63) is 21.7 Å². The van der Waals surface area contributed by atoms with Gasteiger partial charge in [-0.1, -0.05) is 39.7 Å². The number of rotatable bonds is 27. The number of ketones is 1. The van der Waals surface area contributed by atoms with E-state index in [1.165, 1.54) is 32.1 Å². The van der Waals surface area contributed by atoms with Crippen LogP contribution in [0, 0.1) is 24.2 Å². The number of nitrogens with one attached hydrogen (secondary N) is 2. The third-order valence-corrected chi connectivity index (χ3v) is 12.5. The predicted octanol–water partition coefficient (Wildman–Crippen LogP) is 1.54. The molecule has 12 N–H and O–H groups in total. The first-order valence-electron chi connectivity index (χ1n) is 18.4. The number of carbonyl (C=O) groups excluding carboxylic acids is 3. The van der Waals surface area contributed by atoms with E-state index in [-0.39, 0.29) is 25.0 Å². The molecular formula is C37H61N5O12S2. The topological polar surface area (TPSA) is 313 Å². The van der Waals surface area contributed by atoms with Crippen LogP contribution in [0.1, 0.15) is 97.2 Å². The smallest absolute Gasteiger partial charge is 0.322 e. The highest BCUT2D eigenvalue weighted by Gasteiger charge is 2.42. The number of aryl methyl sites for hydroxylation is 1. The van der Waals surface area contributed by atoms with Crippen LogP contribution in [0.5, 0.6) is 0 Å². The summed E-state index contributed by atoms with van der Waals surface area (Å²) < 4.78 is -1.04. The van der Waals surface area contributed by atoms with Gasteiger partial charge in [-0.2, -0.15) is 11.8 Å². The Morgan fingerprint density at radius 1 is 0.964 bits per heavy atom. The third kappa shape index (κ3) is 16.6. The zero-order chi connectivity index (χ0) is 43.1. The molecule has 0 radical (unpaired) electrons. The molecule has 9 atom stereocenters. The van der Waals surface area contributed by atoms with Crippen molar-refractivity contribution in [3.8, 4) is 0 Å². The highest BCUT2D eigenvalue weighted by molar-refractivity contribution is 8.00. The maximum atomic E-state index is 13.3. The molecular weight excluding hydrogens is 771 g/mol. The van der Waals surface area contributed by atoms with Gasteiger partial charge in [0.05, 0.1) is 40.8 Å². The van der Waals surface area contributed by atoms with Crippen LogP contribution in [0.3, 0.4) is 0 Å². The number of amides is 2. The summed E-state index contributed by atoms with van der Waals surface area (Å²) >= 11 is 2.63. The molecule has 318 valence electrons. The molecule has 0 saturated carbocycles. The molecule has 1 heterocycles. The molecule has 1 rings (SSSR count). The maximum Gasteiger partial charge on any atom is 0.322 e. The molecule has 0 fully saturated rings. The zero-order valence-electron chi connectivity index (χ0n) is 33.2. The van der Waals surface area contributed by atoms with Gasteiger partial charge in [-0.25, -0.2) is 4.98 Å². The summed E-state index contributed by atoms with van der Waals surface area (Å²) in [5.74, 6) is -7.41. The minimum atomic E-state index is -1.46. The van der Waals surface area contributed by atoms with E-state index in [2.05, 4.69) is 15.6 Å². The normalized spacial score (nSPS) is 17.6. The van der Waals surface area contributed by atoms with Gasteiger partial charge >= 0.3 is 17.9 Å². The van der Waals surface area contributed by atoms with Crippen molar-refractivity contribution < 1.29 is 59.4 Å². The largest absolute Gasteiger partial charge is 0.481 e. The molecule has 19 heteroatoms. The van der Waals surface area contributed by atoms with Crippen molar-refractivity contribution in [2.24, 2.45) is 28.7 Å². The number of hydrogen-bond acceptors (Lipinski definition) is 14. The number of nitrogens with two attached hydrogens (primary N) is 2. The molecule has 0 bridgehead atoms. The first-order valence-corrected chi connectivity index (χ1v) is 20.3. The standard InChI is InChI=1S/C37H61N5O12S2/c1-19(32(50)21(3)33(51)36(5,6)27(43)15-30(46)47)9-8-12-37(7,28(44)14-25(39)20(2)13-23-17-55-22(4)41-23)56-18-26(34(52)40-16-31(48)49)42-29(45)11-10-24(38)35(53)54/h13,17,19,21,24-28,32,43-44,50H,8-12,14-16,18,38-39H2,1-7H3,(H,40,52)(H,42,45)(H,46,47)(H,48,49)(H,53,54)/b20-13+. The van der Waals surface area contributed by atoms with Crippen molar-refractivity contribution in [3.63, 3.8) is 0 Å². The fourth-order valence-corrected chi connectivity index (χ4v) is 7.91. The number of carboxylic acids is 3. The van der Waals surface area contributed by atoms with Crippen molar-refractivity contribution in [2.75, 3.05) is 12.3 Å². The number of aliphatic carboxylic acids is 3. The Kier molecular flexibility index (Phi) is 20.8. The SMILES string of the molecule is C/C(=C\c1csc(C)n1)C(N)CC(O)C(C)(CCCC(C)C(O)C(C)C(=O)C(C)(C)C(O)CC(=O)O)SCC(NC(=O)CCC(N)C(=O)O)C(=O)NCC(=O)O. The number of carbonyl (C=O) groups is 6. The summed E-state index contributed by atoms with van der Waals surface area (Å²) in [6, 6.07) is -3.20. The average Bonchev–Trinajstić information content (AvgIpc) is 3.53. The Morgan fingerprint density at radius 3 is 2.12 bits per heavy atom. The summed E-state index contributed by atoms with van der Waals surface area (Å²) in [4.78, 5) is 77.1. The van der Waals surface area contributed by atoms with Crippen molar-refractivity contribution >= 4 is 64.7 Å². The minimum absolute atomic E-state index is 0.0851. The average molecular weight is 832 g/mol. The number of thiazole rings is 1. The lowest BCUT2D eigenvalue weighted by atomic mass is 9.73.